The van der Waals surface area contributed by atoms with E-state index in [0.29, 0.717) is 18.8 Å². The predicted octanol–water partition coefficient (Wildman–Crippen LogP) is 4.34. The molecular formula is C22H25NO4S. The van der Waals surface area contributed by atoms with Crippen LogP contribution >= 0.6 is 11.8 Å². The Morgan fingerprint density at radius 2 is 1.82 bits per heavy atom. The molecular weight excluding hydrogens is 374 g/mol. The summed E-state index contributed by atoms with van der Waals surface area (Å²) in [6.07, 6.45) is 0.346. The topological polar surface area (TPSA) is 66.8 Å². The zero-order valence-corrected chi connectivity index (χ0v) is 16.9. The quantitative estimate of drug-likeness (QED) is 0.750. The third-order valence-corrected chi connectivity index (χ3v) is 5.89. The summed E-state index contributed by atoms with van der Waals surface area (Å²) >= 11 is 1.49. The molecule has 1 fully saturated rings. The molecule has 5 nitrogen and oxygen atoms in total. The number of benzene rings is 2. The van der Waals surface area contributed by atoms with Gasteiger partial charge in [0, 0.05) is 12.2 Å². The fourth-order valence-corrected chi connectivity index (χ4v) is 4.62. The van der Waals surface area contributed by atoms with Crippen LogP contribution in [0.1, 0.15) is 36.8 Å². The second kappa shape index (κ2) is 9.15. The zero-order chi connectivity index (χ0) is 20.1. The van der Waals surface area contributed by atoms with Gasteiger partial charge in [-0.2, -0.15) is 0 Å². The van der Waals surface area contributed by atoms with E-state index in [1.54, 1.807) is 0 Å². The molecule has 2 aromatic rings. The molecule has 2 aromatic carbocycles. The smallest absolute Gasteiger partial charge is 0.327 e. The molecule has 1 N–H and O–H groups in total. The molecule has 0 radical (unpaired) electrons. The largest absolute Gasteiger partial charge is 0.489 e. The molecule has 0 spiro atoms. The molecule has 3 rings (SSSR count). The Morgan fingerprint density at radius 1 is 1.14 bits per heavy atom. The van der Waals surface area contributed by atoms with Crippen LogP contribution in [0.5, 0.6) is 5.75 Å². The Balaban J connectivity index is 1.72. The van der Waals surface area contributed by atoms with Crippen molar-refractivity contribution in [2.75, 3.05) is 5.75 Å². The number of hydrogen-bond donors (Lipinski definition) is 1. The van der Waals surface area contributed by atoms with Gasteiger partial charge < -0.3 is 14.7 Å². The Bertz CT molecular complexity index is 807. The van der Waals surface area contributed by atoms with E-state index in [9.17, 15) is 14.7 Å². The first-order chi connectivity index (χ1) is 13.5. The molecule has 2 atom stereocenters. The maximum atomic E-state index is 12.7. The third-order valence-electron chi connectivity index (χ3n) is 4.57. The lowest BCUT2D eigenvalue weighted by Crippen LogP contribution is -2.43. The van der Waals surface area contributed by atoms with Crippen LogP contribution in [0.3, 0.4) is 0 Å². The highest BCUT2D eigenvalue weighted by atomic mass is 32.2. The van der Waals surface area contributed by atoms with Crippen LogP contribution in [0.2, 0.25) is 0 Å². The number of carbonyl (C=O) groups excluding carboxylic acids is 1. The molecule has 1 heterocycles. The number of ether oxygens (including phenoxy) is 1. The van der Waals surface area contributed by atoms with E-state index in [0.717, 1.165) is 16.9 Å². The number of nitrogens with zero attached hydrogens (tertiary/aromatic N) is 1. The van der Waals surface area contributed by atoms with Gasteiger partial charge in [0.1, 0.15) is 23.8 Å². The number of hydrogen-bond acceptors (Lipinski definition) is 4. The van der Waals surface area contributed by atoms with E-state index >= 15 is 0 Å². The Hall–Kier alpha value is -2.47. The van der Waals surface area contributed by atoms with Gasteiger partial charge in [-0.15, -0.1) is 11.8 Å². The molecule has 6 heteroatoms. The molecule has 2 unspecified atom stereocenters. The minimum Gasteiger partial charge on any atom is -0.489 e. The van der Waals surface area contributed by atoms with Crippen molar-refractivity contribution in [3.05, 3.63) is 65.7 Å². The molecule has 0 aliphatic carbocycles. The van der Waals surface area contributed by atoms with Crippen LogP contribution < -0.4 is 4.74 Å². The summed E-state index contributed by atoms with van der Waals surface area (Å²) in [6, 6.07) is 16.7. The molecule has 1 aliphatic rings. The number of rotatable bonds is 7. The van der Waals surface area contributed by atoms with E-state index in [4.69, 9.17) is 4.74 Å². The van der Waals surface area contributed by atoms with Gasteiger partial charge >= 0.3 is 5.97 Å². The molecule has 28 heavy (non-hydrogen) atoms. The molecule has 1 aliphatic heterocycles. The lowest BCUT2D eigenvalue weighted by Gasteiger charge is -2.28. The number of thioether (sulfide) groups is 1. The summed E-state index contributed by atoms with van der Waals surface area (Å²) in [6.45, 7) is 4.41. The average Bonchev–Trinajstić information content (AvgIpc) is 3.13. The standard InChI is InChI=1S/C22H25NO4S/c1-15(2)12-20(24)23-19(22(25)26)14-28-21(23)17-8-10-18(11-9-17)27-13-16-6-4-3-5-7-16/h3-11,15,19,21H,12-14H2,1-2H3,(H,25,26). The van der Waals surface area contributed by atoms with Gasteiger partial charge in [0.05, 0.1) is 0 Å². The third kappa shape index (κ3) is 4.87. The summed E-state index contributed by atoms with van der Waals surface area (Å²) in [5, 5.41) is 9.24. The van der Waals surface area contributed by atoms with Crippen molar-refractivity contribution in [3.8, 4) is 5.75 Å². The van der Waals surface area contributed by atoms with Crippen molar-refractivity contribution in [2.45, 2.75) is 38.3 Å². The van der Waals surface area contributed by atoms with E-state index in [1.807, 2.05) is 68.4 Å². The van der Waals surface area contributed by atoms with Crippen molar-refractivity contribution in [1.82, 2.24) is 4.90 Å². The fraction of sp³-hybridized carbons (Fsp3) is 0.364. The number of carbonyl (C=O) groups is 2. The molecule has 0 aromatic heterocycles. The highest BCUT2D eigenvalue weighted by molar-refractivity contribution is 7.99. The minimum absolute atomic E-state index is 0.109. The van der Waals surface area contributed by atoms with Crippen LogP contribution in [0, 0.1) is 5.92 Å². The Labute approximate surface area is 169 Å². The summed E-state index contributed by atoms with van der Waals surface area (Å²) < 4.78 is 5.81. The van der Waals surface area contributed by atoms with E-state index in [1.165, 1.54) is 16.7 Å². The van der Waals surface area contributed by atoms with Crippen LogP contribution in [0.15, 0.2) is 54.6 Å². The fourth-order valence-electron chi connectivity index (χ4n) is 3.18. The number of carboxylic acid groups (broad SMARTS) is 1. The van der Waals surface area contributed by atoms with Crippen molar-refractivity contribution in [2.24, 2.45) is 5.92 Å². The molecule has 1 saturated heterocycles. The molecule has 1 amide bonds. The van der Waals surface area contributed by atoms with Crippen molar-refractivity contribution >= 4 is 23.6 Å². The van der Waals surface area contributed by atoms with Crippen LogP contribution in [0.4, 0.5) is 0 Å². The van der Waals surface area contributed by atoms with Crippen molar-refractivity contribution in [3.63, 3.8) is 0 Å². The van der Waals surface area contributed by atoms with E-state index < -0.39 is 12.0 Å². The van der Waals surface area contributed by atoms with Crippen LogP contribution in [-0.2, 0) is 16.2 Å². The zero-order valence-electron chi connectivity index (χ0n) is 16.1. The minimum atomic E-state index is -0.949. The van der Waals surface area contributed by atoms with Gasteiger partial charge in [-0.05, 0) is 29.2 Å². The lowest BCUT2D eigenvalue weighted by molar-refractivity contribution is -0.149. The number of amides is 1. The lowest BCUT2D eigenvalue weighted by atomic mass is 10.1. The first kappa shape index (κ1) is 20.3. The summed E-state index contributed by atoms with van der Waals surface area (Å²) in [4.78, 5) is 25.9. The molecule has 0 bridgehead atoms. The number of aliphatic carboxylic acids is 1. The van der Waals surface area contributed by atoms with Gasteiger partial charge in [0.15, 0.2) is 0 Å². The highest BCUT2D eigenvalue weighted by Gasteiger charge is 2.42. The van der Waals surface area contributed by atoms with Crippen molar-refractivity contribution < 1.29 is 19.4 Å². The van der Waals surface area contributed by atoms with Crippen LogP contribution in [-0.4, -0.2) is 33.7 Å². The first-order valence-corrected chi connectivity index (χ1v) is 10.4. The van der Waals surface area contributed by atoms with Crippen molar-refractivity contribution in [1.29, 1.82) is 0 Å². The SMILES string of the molecule is CC(C)CC(=O)N1C(C(=O)O)CSC1c1ccc(OCc2ccccc2)cc1. The van der Waals surface area contributed by atoms with Gasteiger partial charge in [-0.25, -0.2) is 4.79 Å². The summed E-state index contributed by atoms with van der Waals surface area (Å²) in [7, 11) is 0. The van der Waals surface area contributed by atoms with Gasteiger partial charge in [0.2, 0.25) is 5.91 Å². The van der Waals surface area contributed by atoms with E-state index in [2.05, 4.69) is 0 Å². The average molecular weight is 400 g/mol. The second-order valence-corrected chi connectivity index (χ2v) is 8.40. The molecule has 148 valence electrons. The second-order valence-electron chi connectivity index (χ2n) is 7.28. The van der Waals surface area contributed by atoms with Crippen LogP contribution in [0.25, 0.3) is 0 Å². The summed E-state index contributed by atoms with van der Waals surface area (Å²) in [5.74, 6) is 0.264. The highest BCUT2D eigenvalue weighted by Crippen LogP contribution is 2.42. The predicted molar refractivity (Wildman–Crippen MR) is 110 cm³/mol. The maximum Gasteiger partial charge on any atom is 0.327 e. The molecule has 0 saturated carbocycles. The number of carboxylic acids is 1. The maximum absolute atomic E-state index is 12.7. The van der Waals surface area contributed by atoms with E-state index in [-0.39, 0.29) is 17.2 Å². The van der Waals surface area contributed by atoms with Gasteiger partial charge in [0.25, 0.3) is 0 Å². The monoisotopic (exact) mass is 399 g/mol. The van der Waals surface area contributed by atoms with Gasteiger partial charge in [-0.1, -0.05) is 56.3 Å². The Kier molecular flexibility index (Phi) is 6.62. The first-order valence-electron chi connectivity index (χ1n) is 9.38. The normalized spacial score (nSPS) is 19.0. The Morgan fingerprint density at radius 3 is 2.43 bits per heavy atom. The summed E-state index contributed by atoms with van der Waals surface area (Å²) in [5.41, 5.74) is 2.01. The van der Waals surface area contributed by atoms with Gasteiger partial charge in [-0.3, -0.25) is 4.79 Å².